The fourth-order valence-electron chi connectivity index (χ4n) is 2.01. The molecule has 0 unspecified atom stereocenters. The molecule has 4 nitrogen and oxygen atoms in total. The Morgan fingerprint density at radius 3 is 2.81 bits per heavy atom. The van der Waals surface area contributed by atoms with Gasteiger partial charge in [-0.05, 0) is 35.9 Å². The SMILES string of the molecule is O=C(O)c1cc2cc(COc3cccc(F)c3)ccc2o1. The molecule has 0 saturated carbocycles. The molecule has 0 aliphatic carbocycles. The minimum atomic E-state index is -1.11. The molecular weight excluding hydrogens is 275 g/mol. The summed E-state index contributed by atoms with van der Waals surface area (Å²) in [4.78, 5) is 10.8. The molecule has 0 fully saturated rings. The maximum atomic E-state index is 13.0. The molecule has 106 valence electrons. The number of hydrogen-bond donors (Lipinski definition) is 1. The zero-order chi connectivity index (χ0) is 14.8. The van der Waals surface area contributed by atoms with Crippen molar-refractivity contribution < 1.29 is 23.4 Å². The molecule has 0 radical (unpaired) electrons. The molecule has 21 heavy (non-hydrogen) atoms. The molecule has 1 N–H and O–H groups in total. The summed E-state index contributed by atoms with van der Waals surface area (Å²) < 4.78 is 23.7. The van der Waals surface area contributed by atoms with Gasteiger partial charge in [-0.2, -0.15) is 0 Å². The summed E-state index contributed by atoms with van der Waals surface area (Å²) in [6.45, 7) is 0.257. The molecule has 3 rings (SSSR count). The van der Waals surface area contributed by atoms with Crippen molar-refractivity contribution in [3.63, 3.8) is 0 Å². The number of rotatable bonds is 4. The number of carbonyl (C=O) groups is 1. The van der Waals surface area contributed by atoms with Crippen LogP contribution in [0.25, 0.3) is 11.0 Å². The summed E-state index contributed by atoms with van der Waals surface area (Å²) >= 11 is 0. The van der Waals surface area contributed by atoms with Crippen molar-refractivity contribution >= 4 is 16.9 Å². The molecule has 0 aliphatic heterocycles. The van der Waals surface area contributed by atoms with Crippen molar-refractivity contribution in [3.8, 4) is 5.75 Å². The third-order valence-corrected chi connectivity index (χ3v) is 2.99. The van der Waals surface area contributed by atoms with Gasteiger partial charge in [0.25, 0.3) is 0 Å². The number of carboxylic acids is 1. The van der Waals surface area contributed by atoms with Gasteiger partial charge in [0, 0.05) is 11.5 Å². The van der Waals surface area contributed by atoms with Crippen LogP contribution in [0.5, 0.6) is 5.75 Å². The molecule has 2 aromatic carbocycles. The first-order chi connectivity index (χ1) is 10.1. The number of furan rings is 1. The Labute approximate surface area is 119 Å². The standard InChI is InChI=1S/C16H11FO4/c17-12-2-1-3-13(8-12)20-9-10-4-5-14-11(6-10)7-15(21-14)16(18)19/h1-8H,9H2,(H,18,19). The Morgan fingerprint density at radius 1 is 1.19 bits per heavy atom. The third kappa shape index (κ3) is 2.86. The lowest BCUT2D eigenvalue weighted by Crippen LogP contribution is -1.95. The van der Waals surface area contributed by atoms with E-state index in [4.69, 9.17) is 14.3 Å². The molecule has 5 heteroatoms. The minimum Gasteiger partial charge on any atom is -0.489 e. The summed E-state index contributed by atoms with van der Waals surface area (Å²) in [5.41, 5.74) is 1.34. The van der Waals surface area contributed by atoms with Gasteiger partial charge in [0.2, 0.25) is 5.76 Å². The molecule has 0 aliphatic rings. The highest BCUT2D eigenvalue weighted by molar-refractivity contribution is 5.91. The summed E-state index contributed by atoms with van der Waals surface area (Å²) in [5.74, 6) is -1.13. The van der Waals surface area contributed by atoms with E-state index in [1.54, 1.807) is 30.3 Å². The van der Waals surface area contributed by atoms with Crippen LogP contribution in [0.2, 0.25) is 0 Å². The van der Waals surface area contributed by atoms with E-state index >= 15 is 0 Å². The Kier molecular flexibility index (Phi) is 3.31. The lowest BCUT2D eigenvalue weighted by Gasteiger charge is -2.06. The average molecular weight is 286 g/mol. The first-order valence-electron chi connectivity index (χ1n) is 6.26. The number of fused-ring (bicyclic) bond motifs is 1. The van der Waals surface area contributed by atoms with Gasteiger partial charge < -0.3 is 14.3 Å². The number of carboxylic acid groups (broad SMARTS) is 1. The van der Waals surface area contributed by atoms with Gasteiger partial charge in [-0.25, -0.2) is 9.18 Å². The maximum Gasteiger partial charge on any atom is 0.371 e. The Morgan fingerprint density at radius 2 is 2.05 bits per heavy atom. The van der Waals surface area contributed by atoms with Gasteiger partial charge in [0.1, 0.15) is 23.8 Å². The number of aromatic carboxylic acids is 1. The van der Waals surface area contributed by atoms with E-state index in [0.717, 1.165) is 5.56 Å². The van der Waals surface area contributed by atoms with E-state index in [9.17, 15) is 9.18 Å². The fourth-order valence-corrected chi connectivity index (χ4v) is 2.01. The van der Waals surface area contributed by atoms with Gasteiger partial charge >= 0.3 is 5.97 Å². The van der Waals surface area contributed by atoms with Crippen LogP contribution < -0.4 is 4.74 Å². The zero-order valence-corrected chi connectivity index (χ0v) is 10.9. The van der Waals surface area contributed by atoms with Crippen LogP contribution in [0.1, 0.15) is 16.1 Å². The van der Waals surface area contributed by atoms with Crippen molar-refractivity contribution in [1.29, 1.82) is 0 Å². The number of benzene rings is 2. The van der Waals surface area contributed by atoms with Gasteiger partial charge in [-0.1, -0.05) is 12.1 Å². The number of halogens is 1. The van der Waals surface area contributed by atoms with E-state index in [-0.39, 0.29) is 18.2 Å². The van der Waals surface area contributed by atoms with Gasteiger partial charge in [0.05, 0.1) is 0 Å². The predicted octanol–water partition coefficient (Wildman–Crippen LogP) is 3.85. The van der Waals surface area contributed by atoms with Crippen molar-refractivity contribution in [1.82, 2.24) is 0 Å². The summed E-state index contributed by atoms with van der Waals surface area (Å²) in [6, 6.07) is 12.6. The molecule has 1 aromatic heterocycles. The summed E-state index contributed by atoms with van der Waals surface area (Å²) in [7, 11) is 0. The van der Waals surface area contributed by atoms with Gasteiger partial charge in [0.15, 0.2) is 0 Å². The van der Waals surface area contributed by atoms with E-state index in [2.05, 4.69) is 0 Å². The van der Waals surface area contributed by atoms with Gasteiger partial charge in [-0.3, -0.25) is 0 Å². The van der Waals surface area contributed by atoms with Crippen LogP contribution in [-0.4, -0.2) is 11.1 Å². The number of ether oxygens (including phenoxy) is 1. The first-order valence-corrected chi connectivity index (χ1v) is 6.26. The van der Waals surface area contributed by atoms with Crippen LogP contribution in [-0.2, 0) is 6.61 Å². The van der Waals surface area contributed by atoms with E-state index in [0.29, 0.717) is 16.7 Å². The third-order valence-electron chi connectivity index (χ3n) is 2.99. The smallest absolute Gasteiger partial charge is 0.371 e. The monoisotopic (exact) mass is 286 g/mol. The minimum absolute atomic E-state index is 0.104. The highest BCUT2D eigenvalue weighted by atomic mass is 19.1. The molecule has 0 bridgehead atoms. The highest BCUT2D eigenvalue weighted by Crippen LogP contribution is 2.22. The van der Waals surface area contributed by atoms with E-state index in [1.807, 2.05) is 0 Å². The van der Waals surface area contributed by atoms with Crippen LogP contribution >= 0.6 is 0 Å². The van der Waals surface area contributed by atoms with Crippen molar-refractivity contribution in [2.24, 2.45) is 0 Å². The van der Waals surface area contributed by atoms with Crippen molar-refractivity contribution in [2.45, 2.75) is 6.61 Å². The molecule has 3 aromatic rings. The van der Waals surface area contributed by atoms with E-state index < -0.39 is 5.97 Å². The molecule has 0 spiro atoms. The second-order valence-corrected chi connectivity index (χ2v) is 4.53. The highest BCUT2D eigenvalue weighted by Gasteiger charge is 2.10. The van der Waals surface area contributed by atoms with E-state index in [1.165, 1.54) is 18.2 Å². The van der Waals surface area contributed by atoms with Crippen molar-refractivity contribution in [2.75, 3.05) is 0 Å². The van der Waals surface area contributed by atoms with Crippen LogP contribution in [0, 0.1) is 5.82 Å². The molecular formula is C16H11FO4. The largest absolute Gasteiger partial charge is 0.489 e. The van der Waals surface area contributed by atoms with Crippen LogP contribution in [0.15, 0.2) is 52.9 Å². The molecule has 1 heterocycles. The second-order valence-electron chi connectivity index (χ2n) is 4.53. The molecule has 0 saturated heterocycles. The van der Waals surface area contributed by atoms with Crippen LogP contribution in [0.3, 0.4) is 0 Å². The fraction of sp³-hybridized carbons (Fsp3) is 0.0625. The normalized spacial score (nSPS) is 10.7. The topological polar surface area (TPSA) is 59.7 Å². The number of hydrogen-bond acceptors (Lipinski definition) is 3. The lowest BCUT2D eigenvalue weighted by atomic mass is 10.1. The quantitative estimate of drug-likeness (QED) is 0.791. The Bertz CT molecular complexity index is 807. The predicted molar refractivity (Wildman–Crippen MR) is 73.9 cm³/mol. The lowest BCUT2D eigenvalue weighted by molar-refractivity contribution is 0.0665. The van der Waals surface area contributed by atoms with Gasteiger partial charge in [-0.15, -0.1) is 0 Å². The summed E-state index contributed by atoms with van der Waals surface area (Å²) in [6.07, 6.45) is 0. The Balaban J connectivity index is 1.79. The second kappa shape index (κ2) is 5.28. The molecule has 0 atom stereocenters. The summed E-state index contributed by atoms with van der Waals surface area (Å²) in [5, 5.41) is 9.57. The van der Waals surface area contributed by atoms with Crippen LogP contribution in [0.4, 0.5) is 4.39 Å². The average Bonchev–Trinajstić information content (AvgIpc) is 2.88. The first kappa shape index (κ1) is 13.2. The molecule has 0 amide bonds. The maximum absolute atomic E-state index is 13.0. The zero-order valence-electron chi connectivity index (χ0n) is 10.9. The Hall–Kier alpha value is -2.82. The van der Waals surface area contributed by atoms with Crippen molar-refractivity contribution in [3.05, 3.63) is 65.7 Å².